The molecule has 0 amide bonds. The van der Waals surface area contributed by atoms with Crippen LogP contribution in [0, 0.1) is 0 Å². The van der Waals surface area contributed by atoms with Crippen LogP contribution < -0.4 is 14.2 Å². The number of hydrogen-bond donors (Lipinski definition) is 0. The molecule has 0 atom stereocenters. The Morgan fingerprint density at radius 3 is 1.92 bits per heavy atom. The maximum Gasteiger partial charge on any atom is 0.336 e. The number of carbonyl (C=O) groups excluding carboxylic acids is 4. The number of rotatable bonds is 19. The van der Waals surface area contributed by atoms with Gasteiger partial charge >= 0.3 is 23.9 Å². The van der Waals surface area contributed by atoms with Gasteiger partial charge in [-0.15, -0.1) is 0 Å². The van der Waals surface area contributed by atoms with E-state index in [4.69, 9.17) is 28.4 Å². The number of hydrogen-bond acceptors (Lipinski definition) is 10. The summed E-state index contributed by atoms with van der Waals surface area (Å²) in [6, 6.07) is 22.0. The van der Waals surface area contributed by atoms with Crippen LogP contribution in [0.25, 0.3) is 17.2 Å². The molecular formula is C41H44O10. The van der Waals surface area contributed by atoms with Gasteiger partial charge in [-0.05, 0) is 97.7 Å². The first-order chi connectivity index (χ1) is 24.8. The third-order valence-electron chi connectivity index (χ3n) is 7.85. The Kier molecular flexibility index (Phi) is 15.5. The van der Waals surface area contributed by atoms with E-state index in [0.29, 0.717) is 31.1 Å². The van der Waals surface area contributed by atoms with E-state index in [2.05, 4.69) is 13.2 Å². The second-order valence-electron chi connectivity index (χ2n) is 11.8. The average Bonchev–Trinajstić information content (AvgIpc) is 3.15. The van der Waals surface area contributed by atoms with Crippen molar-refractivity contribution in [3.63, 3.8) is 0 Å². The van der Waals surface area contributed by atoms with Crippen molar-refractivity contribution < 1.29 is 47.6 Å². The second kappa shape index (κ2) is 20.8. The summed E-state index contributed by atoms with van der Waals surface area (Å²) in [5.41, 5.74) is 2.92. The second-order valence-corrected chi connectivity index (χ2v) is 11.8. The van der Waals surface area contributed by atoms with Crippen molar-refractivity contribution in [2.75, 3.05) is 26.4 Å². The molecule has 1 saturated carbocycles. The molecule has 0 saturated heterocycles. The quantitative estimate of drug-likeness (QED) is 0.0407. The third-order valence-corrected chi connectivity index (χ3v) is 7.85. The Bertz CT molecular complexity index is 1630. The zero-order valence-corrected chi connectivity index (χ0v) is 28.7. The van der Waals surface area contributed by atoms with Crippen molar-refractivity contribution in [2.45, 2.75) is 57.5 Å². The standard InChI is InChI=1S/C41H44O10/c1-3-38(42)48-26-8-7-25-46-34-18-16-33(17-19-34)32-14-11-31(12-15-32)13-24-39(43)50-37-22-20-35(21-23-37)47-27-28-49-41(45)30(2)29-40(44)51-36-9-5-4-6-10-36/h3,11-24,36H,1-2,4-10,25-29H2/b24-13+. The fraction of sp³-hybridized carbons (Fsp3) is 0.317. The Hall–Kier alpha value is -5.64. The van der Waals surface area contributed by atoms with Crippen LogP contribution in [0.15, 0.2) is 104 Å². The van der Waals surface area contributed by atoms with Crippen LogP contribution in [0.4, 0.5) is 0 Å². The Balaban J connectivity index is 1.11. The van der Waals surface area contributed by atoms with Crippen molar-refractivity contribution in [3.05, 3.63) is 109 Å². The molecule has 10 heteroatoms. The predicted molar refractivity (Wildman–Crippen MR) is 192 cm³/mol. The van der Waals surface area contributed by atoms with Gasteiger partial charge in [-0.2, -0.15) is 0 Å². The van der Waals surface area contributed by atoms with E-state index in [0.717, 1.165) is 67.0 Å². The van der Waals surface area contributed by atoms with Gasteiger partial charge in [0.05, 0.1) is 19.6 Å². The summed E-state index contributed by atoms with van der Waals surface area (Å²) in [6.07, 6.45) is 10.3. The first-order valence-electron chi connectivity index (χ1n) is 17.1. The summed E-state index contributed by atoms with van der Waals surface area (Å²) in [6.45, 7) is 7.94. The van der Waals surface area contributed by atoms with E-state index in [1.54, 1.807) is 30.3 Å². The molecule has 0 heterocycles. The van der Waals surface area contributed by atoms with Crippen LogP contribution >= 0.6 is 0 Å². The molecule has 3 aromatic carbocycles. The van der Waals surface area contributed by atoms with Crippen LogP contribution in [-0.4, -0.2) is 56.4 Å². The summed E-state index contributed by atoms with van der Waals surface area (Å²) in [5.74, 6) is -0.483. The van der Waals surface area contributed by atoms with Gasteiger partial charge in [0, 0.05) is 17.7 Å². The fourth-order valence-electron chi connectivity index (χ4n) is 5.13. The first-order valence-corrected chi connectivity index (χ1v) is 17.1. The van der Waals surface area contributed by atoms with E-state index in [9.17, 15) is 19.2 Å². The maximum atomic E-state index is 12.4. The molecule has 1 aliphatic carbocycles. The SMILES string of the molecule is C=CC(=O)OCCCCOc1ccc(-c2ccc(/C=C/C(=O)Oc3ccc(OCCOC(=O)C(=C)CC(=O)OC4CCCCC4)cc3)cc2)cc1. The smallest absolute Gasteiger partial charge is 0.336 e. The summed E-state index contributed by atoms with van der Waals surface area (Å²) in [4.78, 5) is 47.7. The Morgan fingerprint density at radius 1 is 0.667 bits per heavy atom. The monoisotopic (exact) mass is 696 g/mol. The minimum atomic E-state index is -0.669. The van der Waals surface area contributed by atoms with Crippen molar-refractivity contribution in [1.82, 2.24) is 0 Å². The van der Waals surface area contributed by atoms with E-state index in [-0.39, 0.29) is 31.3 Å². The summed E-state index contributed by atoms with van der Waals surface area (Å²) < 4.78 is 32.3. The lowest BCUT2D eigenvalue weighted by Gasteiger charge is -2.21. The van der Waals surface area contributed by atoms with Gasteiger partial charge in [-0.25, -0.2) is 14.4 Å². The minimum Gasteiger partial charge on any atom is -0.494 e. The van der Waals surface area contributed by atoms with Crippen LogP contribution in [0.5, 0.6) is 17.2 Å². The highest BCUT2D eigenvalue weighted by Crippen LogP contribution is 2.24. The van der Waals surface area contributed by atoms with Crippen LogP contribution in [0.2, 0.25) is 0 Å². The van der Waals surface area contributed by atoms with E-state index < -0.39 is 23.9 Å². The molecule has 0 bridgehead atoms. The number of benzene rings is 3. The molecule has 3 aromatic rings. The van der Waals surface area contributed by atoms with Gasteiger partial charge in [-0.1, -0.05) is 56.0 Å². The highest BCUT2D eigenvalue weighted by Gasteiger charge is 2.20. The van der Waals surface area contributed by atoms with Crippen LogP contribution in [0.3, 0.4) is 0 Å². The highest BCUT2D eigenvalue weighted by molar-refractivity contribution is 5.93. The lowest BCUT2D eigenvalue weighted by Crippen LogP contribution is -2.22. The number of ether oxygens (including phenoxy) is 6. The van der Waals surface area contributed by atoms with E-state index in [1.807, 2.05) is 48.5 Å². The van der Waals surface area contributed by atoms with Crippen molar-refractivity contribution in [1.29, 1.82) is 0 Å². The molecule has 4 rings (SSSR count). The van der Waals surface area contributed by atoms with Gasteiger partial charge < -0.3 is 28.4 Å². The number of esters is 4. The molecule has 1 aliphatic rings. The van der Waals surface area contributed by atoms with Gasteiger partial charge in [0.25, 0.3) is 0 Å². The molecule has 268 valence electrons. The predicted octanol–water partition coefficient (Wildman–Crippen LogP) is 7.60. The third kappa shape index (κ3) is 14.0. The summed E-state index contributed by atoms with van der Waals surface area (Å²) >= 11 is 0. The molecule has 0 aromatic heterocycles. The van der Waals surface area contributed by atoms with Gasteiger partial charge in [0.1, 0.15) is 36.6 Å². The van der Waals surface area contributed by atoms with Crippen molar-refractivity contribution in [2.24, 2.45) is 0 Å². The number of carbonyl (C=O) groups is 4. The molecule has 0 radical (unpaired) electrons. The Labute approximate surface area is 298 Å². The molecule has 10 nitrogen and oxygen atoms in total. The molecule has 51 heavy (non-hydrogen) atoms. The summed E-state index contributed by atoms with van der Waals surface area (Å²) in [7, 11) is 0. The van der Waals surface area contributed by atoms with Gasteiger partial charge in [0.15, 0.2) is 0 Å². The van der Waals surface area contributed by atoms with Gasteiger partial charge in [0.2, 0.25) is 0 Å². The normalized spacial score (nSPS) is 12.8. The van der Waals surface area contributed by atoms with Crippen molar-refractivity contribution in [3.8, 4) is 28.4 Å². The highest BCUT2D eigenvalue weighted by atomic mass is 16.6. The minimum absolute atomic E-state index is 0.0282. The zero-order valence-electron chi connectivity index (χ0n) is 28.7. The first kappa shape index (κ1) is 38.2. The lowest BCUT2D eigenvalue weighted by molar-refractivity contribution is -0.151. The molecule has 1 fully saturated rings. The van der Waals surface area contributed by atoms with E-state index in [1.165, 1.54) is 6.08 Å². The molecular weight excluding hydrogens is 652 g/mol. The van der Waals surface area contributed by atoms with Crippen molar-refractivity contribution >= 4 is 30.0 Å². The molecule has 0 spiro atoms. The average molecular weight is 697 g/mol. The Morgan fingerprint density at radius 2 is 1.25 bits per heavy atom. The zero-order chi connectivity index (χ0) is 36.3. The number of unbranched alkanes of at least 4 members (excludes halogenated alkanes) is 1. The molecule has 0 N–H and O–H groups in total. The topological polar surface area (TPSA) is 124 Å². The largest absolute Gasteiger partial charge is 0.494 e. The fourth-order valence-corrected chi connectivity index (χ4v) is 5.13. The van der Waals surface area contributed by atoms with E-state index >= 15 is 0 Å². The molecule has 0 aliphatic heterocycles. The lowest BCUT2D eigenvalue weighted by atomic mass is 9.98. The van der Waals surface area contributed by atoms with Gasteiger partial charge in [-0.3, -0.25) is 4.79 Å². The van der Waals surface area contributed by atoms with Crippen LogP contribution in [0.1, 0.15) is 56.9 Å². The molecule has 0 unspecified atom stereocenters. The maximum absolute atomic E-state index is 12.4. The van der Waals surface area contributed by atoms with Crippen LogP contribution in [-0.2, 0) is 33.4 Å². The summed E-state index contributed by atoms with van der Waals surface area (Å²) in [5, 5.41) is 0.